The molecule has 0 fully saturated rings. The molecule has 1 unspecified atom stereocenters. The van der Waals surface area contributed by atoms with E-state index in [-0.39, 0.29) is 11.8 Å². The van der Waals surface area contributed by atoms with Gasteiger partial charge >= 0.3 is 0 Å². The monoisotopic (exact) mass is 309 g/mol. The van der Waals surface area contributed by atoms with Crippen molar-refractivity contribution in [3.8, 4) is 0 Å². The summed E-state index contributed by atoms with van der Waals surface area (Å²) in [6.45, 7) is 4.97. The fraction of sp³-hybridized carbons (Fsp3) is 0.533. The van der Waals surface area contributed by atoms with E-state index in [1.807, 2.05) is 13.0 Å². The predicted octanol–water partition coefficient (Wildman–Crippen LogP) is 2.19. The lowest BCUT2D eigenvalue weighted by Gasteiger charge is -2.13. The van der Waals surface area contributed by atoms with Gasteiger partial charge in [0.1, 0.15) is 15.7 Å². The van der Waals surface area contributed by atoms with Crippen molar-refractivity contribution in [1.82, 2.24) is 9.55 Å². The van der Waals surface area contributed by atoms with Gasteiger partial charge in [-0.3, -0.25) is 0 Å². The third-order valence-corrected chi connectivity index (χ3v) is 4.49. The van der Waals surface area contributed by atoms with Gasteiger partial charge in [-0.2, -0.15) is 0 Å². The highest BCUT2D eigenvalue weighted by atomic mass is 32.2. The van der Waals surface area contributed by atoms with Crippen molar-refractivity contribution in [3.63, 3.8) is 0 Å². The van der Waals surface area contributed by atoms with Gasteiger partial charge < -0.3 is 10.3 Å². The smallest absolute Gasteiger partial charge is 0.147 e. The Morgan fingerprint density at radius 1 is 1.38 bits per heavy atom. The number of aromatic nitrogens is 2. The van der Waals surface area contributed by atoms with Gasteiger partial charge in [-0.1, -0.05) is 13.0 Å². The molecule has 1 atom stereocenters. The van der Waals surface area contributed by atoms with Crippen molar-refractivity contribution >= 4 is 20.9 Å². The van der Waals surface area contributed by atoms with Crippen LogP contribution >= 0.6 is 0 Å². The second-order valence-electron chi connectivity index (χ2n) is 5.64. The quantitative estimate of drug-likeness (QED) is 0.887. The van der Waals surface area contributed by atoms with Gasteiger partial charge in [0.25, 0.3) is 0 Å². The summed E-state index contributed by atoms with van der Waals surface area (Å²) in [6, 6.07) is 5.79. The first kappa shape index (κ1) is 16.0. The van der Waals surface area contributed by atoms with Crippen LogP contribution in [0.5, 0.6) is 0 Å². The Bertz CT molecular complexity index is 735. The zero-order valence-corrected chi connectivity index (χ0v) is 13.7. The fourth-order valence-electron chi connectivity index (χ4n) is 2.47. The van der Waals surface area contributed by atoms with Crippen molar-refractivity contribution in [3.05, 3.63) is 29.6 Å². The van der Waals surface area contributed by atoms with E-state index in [0.29, 0.717) is 6.42 Å². The Morgan fingerprint density at radius 2 is 2.10 bits per heavy atom. The highest BCUT2D eigenvalue weighted by Gasteiger charge is 2.18. The molecule has 0 aliphatic carbocycles. The Labute approximate surface area is 126 Å². The van der Waals surface area contributed by atoms with Gasteiger partial charge in [0.15, 0.2) is 0 Å². The van der Waals surface area contributed by atoms with Crippen LogP contribution in [0.2, 0.25) is 0 Å². The summed E-state index contributed by atoms with van der Waals surface area (Å²) in [6.07, 6.45) is 2.61. The van der Waals surface area contributed by atoms with Crippen LogP contribution in [-0.4, -0.2) is 30.0 Å². The van der Waals surface area contributed by atoms with Gasteiger partial charge in [0.05, 0.1) is 22.8 Å². The number of fused-ring (bicyclic) bond motifs is 1. The third-order valence-electron chi connectivity index (χ3n) is 3.51. The zero-order valence-electron chi connectivity index (χ0n) is 12.8. The largest absolute Gasteiger partial charge is 0.327 e. The van der Waals surface area contributed by atoms with E-state index in [2.05, 4.69) is 28.6 Å². The van der Waals surface area contributed by atoms with Crippen LogP contribution in [0.15, 0.2) is 18.2 Å². The maximum Gasteiger partial charge on any atom is 0.147 e. The van der Waals surface area contributed by atoms with Crippen molar-refractivity contribution in [1.29, 1.82) is 0 Å². The number of nitrogens with zero attached hydrogens (tertiary/aromatic N) is 2. The third kappa shape index (κ3) is 3.83. The predicted molar refractivity (Wildman–Crippen MR) is 86.0 cm³/mol. The Balaban J connectivity index is 2.39. The summed E-state index contributed by atoms with van der Waals surface area (Å²) in [7, 11) is -3.01. The molecule has 2 aromatic rings. The normalized spacial score (nSPS) is 13.7. The number of nitrogens with two attached hydrogens (primary N) is 1. The van der Waals surface area contributed by atoms with Gasteiger partial charge in [-0.25, -0.2) is 13.4 Å². The van der Waals surface area contributed by atoms with Crippen molar-refractivity contribution in [2.75, 3.05) is 12.0 Å². The van der Waals surface area contributed by atoms with E-state index in [4.69, 9.17) is 5.73 Å². The topological polar surface area (TPSA) is 78.0 Å². The van der Waals surface area contributed by atoms with Gasteiger partial charge in [0.2, 0.25) is 0 Å². The number of benzene rings is 1. The maximum atomic E-state index is 11.3. The molecule has 5 nitrogen and oxygen atoms in total. The van der Waals surface area contributed by atoms with E-state index >= 15 is 0 Å². The maximum absolute atomic E-state index is 11.3. The number of hydrogen-bond acceptors (Lipinski definition) is 4. The van der Waals surface area contributed by atoms with E-state index in [0.717, 1.165) is 35.4 Å². The molecule has 0 aliphatic heterocycles. The number of sulfone groups is 1. The highest BCUT2D eigenvalue weighted by molar-refractivity contribution is 7.90. The Hall–Kier alpha value is -1.40. The Kier molecular flexibility index (Phi) is 4.68. The lowest BCUT2D eigenvalue weighted by atomic mass is 10.2. The molecule has 1 heterocycles. The molecule has 6 heteroatoms. The second-order valence-corrected chi connectivity index (χ2v) is 7.90. The molecule has 0 saturated carbocycles. The minimum atomic E-state index is -3.01. The first-order chi connectivity index (χ1) is 9.81. The standard InChI is InChI=1S/C15H23N3O2S/c1-4-8-18-14-6-5-11(2)10-13(14)17-15(18)12(16)7-9-21(3,19)20/h5-6,10,12H,4,7-9,16H2,1-3H3. The summed E-state index contributed by atoms with van der Waals surface area (Å²) in [4.78, 5) is 4.64. The molecule has 0 radical (unpaired) electrons. The van der Waals surface area contributed by atoms with E-state index < -0.39 is 9.84 Å². The van der Waals surface area contributed by atoms with Gasteiger partial charge in [0, 0.05) is 12.8 Å². The van der Waals surface area contributed by atoms with Crippen LogP contribution in [0.1, 0.15) is 37.2 Å². The van der Waals surface area contributed by atoms with Crippen LogP contribution < -0.4 is 5.73 Å². The molecule has 0 spiro atoms. The summed E-state index contributed by atoms with van der Waals surface area (Å²) < 4.78 is 24.7. The molecule has 1 aromatic heterocycles. The SMILES string of the molecule is CCCn1c(C(N)CCS(C)(=O)=O)nc2cc(C)ccc21. The Morgan fingerprint density at radius 3 is 2.71 bits per heavy atom. The molecule has 1 aromatic carbocycles. The summed E-state index contributed by atoms with van der Waals surface area (Å²) in [5.41, 5.74) is 9.33. The molecule has 0 saturated heterocycles. The average Bonchev–Trinajstić information content (AvgIpc) is 2.74. The van der Waals surface area contributed by atoms with Gasteiger partial charge in [-0.15, -0.1) is 0 Å². The lowest BCUT2D eigenvalue weighted by Crippen LogP contribution is -2.20. The van der Waals surface area contributed by atoms with Crippen molar-refractivity contribution in [2.45, 2.75) is 39.3 Å². The molecule has 0 amide bonds. The summed E-state index contributed by atoms with van der Waals surface area (Å²) in [5.74, 6) is 0.865. The number of hydrogen-bond donors (Lipinski definition) is 1. The second kappa shape index (κ2) is 6.15. The molecule has 116 valence electrons. The number of rotatable bonds is 6. The average molecular weight is 309 g/mol. The molecular formula is C15H23N3O2S. The fourth-order valence-corrected chi connectivity index (χ4v) is 3.15. The molecule has 2 rings (SSSR count). The molecular weight excluding hydrogens is 286 g/mol. The molecule has 2 N–H and O–H groups in total. The molecule has 0 aliphatic rings. The van der Waals surface area contributed by atoms with Crippen LogP contribution in [0.4, 0.5) is 0 Å². The van der Waals surface area contributed by atoms with E-state index in [1.54, 1.807) is 0 Å². The van der Waals surface area contributed by atoms with E-state index in [9.17, 15) is 8.42 Å². The van der Waals surface area contributed by atoms with Crippen LogP contribution in [0, 0.1) is 6.92 Å². The highest BCUT2D eigenvalue weighted by Crippen LogP contribution is 2.23. The minimum Gasteiger partial charge on any atom is -0.327 e. The van der Waals surface area contributed by atoms with Crippen molar-refractivity contribution in [2.24, 2.45) is 5.73 Å². The summed E-state index contributed by atoms with van der Waals surface area (Å²) in [5, 5.41) is 0. The first-order valence-electron chi connectivity index (χ1n) is 7.22. The van der Waals surface area contributed by atoms with Crippen LogP contribution in [0.25, 0.3) is 11.0 Å². The first-order valence-corrected chi connectivity index (χ1v) is 9.28. The van der Waals surface area contributed by atoms with Crippen molar-refractivity contribution < 1.29 is 8.42 Å². The van der Waals surface area contributed by atoms with Gasteiger partial charge in [-0.05, 0) is 37.5 Å². The lowest BCUT2D eigenvalue weighted by molar-refractivity contribution is 0.563. The number of imidazole rings is 1. The molecule has 21 heavy (non-hydrogen) atoms. The zero-order chi connectivity index (χ0) is 15.6. The van der Waals surface area contributed by atoms with Crippen LogP contribution in [-0.2, 0) is 16.4 Å². The summed E-state index contributed by atoms with van der Waals surface area (Å²) >= 11 is 0. The van der Waals surface area contributed by atoms with E-state index in [1.165, 1.54) is 6.26 Å². The number of aryl methyl sites for hydroxylation is 2. The minimum absolute atomic E-state index is 0.0858. The van der Waals surface area contributed by atoms with Crippen LogP contribution in [0.3, 0.4) is 0 Å². The molecule has 0 bridgehead atoms.